The van der Waals surface area contributed by atoms with Crippen molar-refractivity contribution in [3.8, 4) is 0 Å². The predicted molar refractivity (Wildman–Crippen MR) is 156 cm³/mol. The van der Waals surface area contributed by atoms with Gasteiger partial charge < -0.3 is 15.3 Å². The van der Waals surface area contributed by atoms with Crippen LogP contribution in [0.15, 0.2) is 83.8 Å². The van der Waals surface area contributed by atoms with Crippen molar-refractivity contribution >= 4 is 33.4 Å². The van der Waals surface area contributed by atoms with Crippen LogP contribution in [0.4, 0.5) is 0 Å². The van der Waals surface area contributed by atoms with Crippen LogP contribution in [0.5, 0.6) is 0 Å². The molecule has 1 unspecified atom stereocenters. The lowest BCUT2D eigenvalue weighted by atomic mass is 10.0. The molecule has 3 rings (SSSR count). The second-order valence-corrected chi connectivity index (χ2v) is 11.6. The van der Waals surface area contributed by atoms with Crippen molar-refractivity contribution in [1.29, 1.82) is 0 Å². The van der Waals surface area contributed by atoms with Crippen LogP contribution in [0.1, 0.15) is 36.5 Å². The van der Waals surface area contributed by atoms with Gasteiger partial charge >= 0.3 is 0 Å². The molecule has 0 aliphatic heterocycles. The van der Waals surface area contributed by atoms with Crippen molar-refractivity contribution in [2.45, 2.75) is 50.1 Å². The summed E-state index contributed by atoms with van der Waals surface area (Å²) in [6.07, 6.45) is 1.24. The van der Waals surface area contributed by atoms with Crippen LogP contribution >= 0.6 is 11.6 Å². The Morgan fingerprint density at radius 3 is 2.20 bits per heavy atom. The van der Waals surface area contributed by atoms with E-state index >= 15 is 0 Å². The van der Waals surface area contributed by atoms with Gasteiger partial charge in [0.15, 0.2) is 0 Å². The van der Waals surface area contributed by atoms with Gasteiger partial charge in [0.1, 0.15) is 6.04 Å². The Balaban J connectivity index is 1.85. The number of benzene rings is 3. The van der Waals surface area contributed by atoms with Crippen molar-refractivity contribution in [1.82, 2.24) is 14.9 Å². The van der Waals surface area contributed by atoms with Crippen LogP contribution in [0.3, 0.4) is 0 Å². The Morgan fingerprint density at radius 1 is 0.925 bits per heavy atom. The van der Waals surface area contributed by atoms with E-state index in [2.05, 4.69) is 10.0 Å². The van der Waals surface area contributed by atoms with E-state index in [-0.39, 0.29) is 36.3 Å². The number of aliphatic hydroxyl groups excluding tert-OH is 1. The minimum Gasteiger partial charge on any atom is -0.396 e. The number of hydrogen-bond donors (Lipinski definition) is 3. The lowest BCUT2D eigenvalue weighted by molar-refractivity contribution is -0.141. The molecular weight excluding hydrogens is 550 g/mol. The molecule has 214 valence electrons. The first-order chi connectivity index (χ1) is 19.2. The topological polar surface area (TPSA) is 116 Å². The summed E-state index contributed by atoms with van der Waals surface area (Å²) >= 11 is 6.07. The van der Waals surface area contributed by atoms with Crippen molar-refractivity contribution in [2.75, 3.05) is 19.7 Å². The van der Waals surface area contributed by atoms with Gasteiger partial charge in [-0.3, -0.25) is 9.59 Å². The molecule has 0 aliphatic carbocycles. The number of halogens is 1. The van der Waals surface area contributed by atoms with Gasteiger partial charge in [0.25, 0.3) is 0 Å². The molecule has 0 aliphatic rings. The highest BCUT2D eigenvalue weighted by Crippen LogP contribution is 2.19. The standard InChI is InChI=1S/C30H36ClN3O5S/c1-2-33-40(38,39)27-16-11-23(12-17-27)13-18-29(36)34(22-25-9-14-26(31)15-10-25)28(30(37)32-19-6-20-35)21-24-7-4-3-5-8-24/h3-5,7-12,14-17,28,33,35H,2,6,13,18-22H2,1H3,(H,32,37). The fourth-order valence-corrected chi connectivity index (χ4v) is 5.42. The third kappa shape index (κ3) is 9.45. The van der Waals surface area contributed by atoms with Gasteiger partial charge in [0.05, 0.1) is 4.90 Å². The third-order valence-electron chi connectivity index (χ3n) is 6.37. The van der Waals surface area contributed by atoms with Gasteiger partial charge in [-0.1, -0.05) is 73.1 Å². The zero-order valence-corrected chi connectivity index (χ0v) is 24.1. The van der Waals surface area contributed by atoms with Crippen LogP contribution in [-0.4, -0.2) is 56.0 Å². The zero-order chi connectivity index (χ0) is 29.0. The van der Waals surface area contributed by atoms with Gasteiger partial charge in [-0.2, -0.15) is 0 Å². The number of sulfonamides is 1. The molecule has 0 aromatic heterocycles. The molecule has 0 bridgehead atoms. The number of nitrogens with one attached hydrogen (secondary N) is 2. The molecule has 0 heterocycles. The van der Waals surface area contributed by atoms with Crippen LogP contribution < -0.4 is 10.0 Å². The quantitative estimate of drug-likeness (QED) is 0.235. The molecule has 0 fully saturated rings. The summed E-state index contributed by atoms with van der Waals surface area (Å²) in [6.45, 7) is 2.46. The van der Waals surface area contributed by atoms with Crippen molar-refractivity contribution in [2.24, 2.45) is 0 Å². The number of carbonyl (C=O) groups is 2. The van der Waals surface area contributed by atoms with E-state index in [1.54, 1.807) is 36.1 Å². The van der Waals surface area contributed by atoms with Crippen LogP contribution in [0, 0.1) is 0 Å². The third-order valence-corrected chi connectivity index (χ3v) is 8.18. The van der Waals surface area contributed by atoms with Gasteiger partial charge in [-0.15, -0.1) is 0 Å². The summed E-state index contributed by atoms with van der Waals surface area (Å²) < 4.78 is 27.0. The molecule has 0 radical (unpaired) electrons. The maximum atomic E-state index is 13.7. The Hall–Kier alpha value is -3.24. The minimum absolute atomic E-state index is 0.0500. The highest BCUT2D eigenvalue weighted by Gasteiger charge is 2.30. The maximum Gasteiger partial charge on any atom is 0.243 e. The number of nitrogens with zero attached hydrogens (tertiary/aromatic N) is 1. The second kappa shape index (κ2) is 15.5. The minimum atomic E-state index is -3.56. The molecule has 3 aromatic rings. The van der Waals surface area contributed by atoms with Crippen LogP contribution in [-0.2, 0) is 39.0 Å². The highest BCUT2D eigenvalue weighted by molar-refractivity contribution is 7.89. The SMILES string of the molecule is CCNS(=O)(=O)c1ccc(CCC(=O)N(Cc2ccc(Cl)cc2)C(Cc2ccccc2)C(=O)NCCCO)cc1. The van der Waals surface area contributed by atoms with Gasteiger partial charge in [-0.25, -0.2) is 13.1 Å². The molecule has 0 saturated carbocycles. The van der Waals surface area contributed by atoms with Gasteiger partial charge in [-0.05, 0) is 53.8 Å². The van der Waals surface area contributed by atoms with E-state index in [9.17, 15) is 23.1 Å². The average molecular weight is 586 g/mol. The molecule has 8 nitrogen and oxygen atoms in total. The Kier molecular flexibility index (Phi) is 12.1. The second-order valence-electron chi connectivity index (χ2n) is 9.37. The zero-order valence-electron chi connectivity index (χ0n) is 22.6. The molecule has 0 spiro atoms. The lowest BCUT2D eigenvalue weighted by Crippen LogP contribution is -2.50. The van der Waals surface area contributed by atoms with Crippen molar-refractivity contribution < 1.29 is 23.1 Å². The van der Waals surface area contributed by atoms with E-state index in [1.165, 1.54) is 12.1 Å². The first kappa shape index (κ1) is 31.3. The lowest BCUT2D eigenvalue weighted by Gasteiger charge is -2.31. The number of carbonyl (C=O) groups excluding carboxylic acids is 2. The van der Waals surface area contributed by atoms with E-state index in [0.29, 0.717) is 37.4 Å². The summed E-state index contributed by atoms with van der Waals surface area (Å²) in [4.78, 5) is 28.9. The summed E-state index contributed by atoms with van der Waals surface area (Å²) in [7, 11) is -3.56. The number of amides is 2. The molecule has 1 atom stereocenters. The summed E-state index contributed by atoms with van der Waals surface area (Å²) in [6, 6.07) is 22.3. The van der Waals surface area contributed by atoms with E-state index < -0.39 is 16.1 Å². The first-order valence-electron chi connectivity index (χ1n) is 13.3. The molecule has 3 aromatic carbocycles. The van der Waals surface area contributed by atoms with Gasteiger partial charge in [0.2, 0.25) is 21.8 Å². The number of hydrogen-bond acceptors (Lipinski definition) is 5. The van der Waals surface area contributed by atoms with E-state index in [0.717, 1.165) is 16.7 Å². The average Bonchev–Trinajstić information content (AvgIpc) is 2.95. The van der Waals surface area contributed by atoms with E-state index in [4.69, 9.17) is 11.6 Å². The summed E-state index contributed by atoms with van der Waals surface area (Å²) in [5.41, 5.74) is 2.55. The fourth-order valence-electron chi connectivity index (χ4n) is 4.25. The van der Waals surface area contributed by atoms with Crippen LogP contribution in [0.25, 0.3) is 0 Å². The highest BCUT2D eigenvalue weighted by atomic mass is 35.5. The predicted octanol–water partition coefficient (Wildman–Crippen LogP) is 3.71. The van der Waals surface area contributed by atoms with Gasteiger partial charge in [0, 0.05) is 44.1 Å². The molecule has 10 heteroatoms. The molecule has 3 N–H and O–H groups in total. The summed E-state index contributed by atoms with van der Waals surface area (Å²) in [5.74, 6) is -0.505. The largest absolute Gasteiger partial charge is 0.396 e. The normalized spacial score (nSPS) is 12.1. The van der Waals surface area contributed by atoms with Crippen molar-refractivity contribution in [3.05, 3.63) is 101 Å². The summed E-state index contributed by atoms with van der Waals surface area (Å²) in [5, 5.41) is 12.6. The molecule has 40 heavy (non-hydrogen) atoms. The monoisotopic (exact) mass is 585 g/mol. The first-order valence-corrected chi connectivity index (χ1v) is 15.1. The Morgan fingerprint density at radius 2 is 1.57 bits per heavy atom. The van der Waals surface area contributed by atoms with E-state index in [1.807, 2.05) is 42.5 Å². The molecule has 0 saturated heterocycles. The Bertz CT molecular complexity index is 1330. The molecular formula is C30H36ClN3O5S. The number of aryl methyl sites for hydroxylation is 1. The molecule has 2 amide bonds. The number of rotatable bonds is 15. The fraction of sp³-hybridized carbons (Fsp3) is 0.333. The Labute approximate surface area is 241 Å². The van der Waals surface area contributed by atoms with Crippen molar-refractivity contribution in [3.63, 3.8) is 0 Å². The number of aliphatic hydroxyl groups is 1. The smallest absolute Gasteiger partial charge is 0.243 e. The maximum absolute atomic E-state index is 13.7. The van der Waals surface area contributed by atoms with Crippen LogP contribution in [0.2, 0.25) is 5.02 Å².